The van der Waals surface area contributed by atoms with E-state index in [0.29, 0.717) is 6.54 Å². The zero-order chi connectivity index (χ0) is 16.3. The topological polar surface area (TPSA) is 41.1 Å². The smallest absolute Gasteiger partial charge is 0.238 e. The summed E-state index contributed by atoms with van der Waals surface area (Å²) in [4.78, 5) is 11.8. The fourth-order valence-corrected chi connectivity index (χ4v) is 2.01. The highest BCUT2D eigenvalue weighted by atomic mass is 16.1. The van der Waals surface area contributed by atoms with Crippen LogP contribution < -0.4 is 10.6 Å². The number of nitrogens with one attached hydrogen (secondary N) is 2. The monoisotopic (exact) mass is 306 g/mol. The van der Waals surface area contributed by atoms with Crippen LogP contribution in [0.1, 0.15) is 30.9 Å². The second kappa shape index (κ2) is 9.45. The van der Waals surface area contributed by atoms with Crippen LogP contribution in [0, 0.1) is 11.8 Å². The quantitative estimate of drug-likeness (QED) is 0.634. The van der Waals surface area contributed by atoms with Crippen molar-refractivity contribution >= 4 is 11.6 Å². The Hall–Kier alpha value is -2.57. The van der Waals surface area contributed by atoms with Crippen molar-refractivity contribution in [3.8, 4) is 11.8 Å². The Kier molecular flexibility index (Phi) is 6.90. The number of benzene rings is 2. The first-order valence-corrected chi connectivity index (χ1v) is 7.95. The molecule has 0 fully saturated rings. The van der Waals surface area contributed by atoms with Gasteiger partial charge in [-0.2, -0.15) is 0 Å². The fraction of sp³-hybridized carbons (Fsp3) is 0.250. The fourth-order valence-electron chi connectivity index (χ4n) is 2.01. The Morgan fingerprint density at radius 2 is 1.61 bits per heavy atom. The molecular formula is C20H22N2O. The first-order chi connectivity index (χ1) is 11.3. The van der Waals surface area contributed by atoms with E-state index >= 15 is 0 Å². The van der Waals surface area contributed by atoms with Crippen LogP contribution >= 0.6 is 0 Å². The van der Waals surface area contributed by atoms with Gasteiger partial charge in [0.2, 0.25) is 5.91 Å². The minimum absolute atomic E-state index is 0.0239. The average Bonchev–Trinajstić information content (AvgIpc) is 2.59. The number of hydrogen-bond donors (Lipinski definition) is 2. The molecule has 0 radical (unpaired) electrons. The van der Waals surface area contributed by atoms with Crippen LogP contribution in [-0.2, 0) is 4.79 Å². The molecule has 0 spiro atoms. The molecule has 2 rings (SSSR count). The van der Waals surface area contributed by atoms with E-state index in [9.17, 15) is 4.79 Å². The van der Waals surface area contributed by atoms with Gasteiger partial charge in [0.15, 0.2) is 0 Å². The van der Waals surface area contributed by atoms with Gasteiger partial charge in [-0.15, -0.1) is 0 Å². The Bertz CT molecular complexity index is 666. The highest BCUT2D eigenvalue weighted by molar-refractivity contribution is 5.92. The summed E-state index contributed by atoms with van der Waals surface area (Å²) in [5.41, 5.74) is 2.70. The lowest BCUT2D eigenvalue weighted by Gasteiger charge is -2.06. The first kappa shape index (κ1) is 16.8. The summed E-state index contributed by atoms with van der Waals surface area (Å²) < 4.78 is 0. The molecule has 2 aromatic carbocycles. The molecule has 3 nitrogen and oxygen atoms in total. The summed E-state index contributed by atoms with van der Waals surface area (Å²) >= 11 is 0. The third-order valence-corrected chi connectivity index (χ3v) is 3.29. The summed E-state index contributed by atoms with van der Waals surface area (Å²) in [5.74, 6) is 6.20. The summed E-state index contributed by atoms with van der Waals surface area (Å²) in [5, 5.41) is 5.99. The molecule has 0 heterocycles. The van der Waals surface area contributed by atoms with Gasteiger partial charge in [-0.1, -0.05) is 43.4 Å². The predicted octanol–water partition coefficient (Wildman–Crippen LogP) is 3.41. The number of unbranched alkanes of at least 4 members (excludes halogenated alkanes) is 1. The van der Waals surface area contributed by atoms with Crippen molar-refractivity contribution in [2.45, 2.75) is 19.8 Å². The van der Waals surface area contributed by atoms with E-state index in [0.717, 1.165) is 36.2 Å². The van der Waals surface area contributed by atoms with Crippen LogP contribution in [0.4, 0.5) is 5.69 Å². The Labute approximate surface area is 138 Å². The number of carbonyl (C=O) groups is 1. The first-order valence-electron chi connectivity index (χ1n) is 7.95. The third kappa shape index (κ3) is 6.37. The number of anilines is 1. The van der Waals surface area contributed by atoms with Crippen molar-refractivity contribution in [1.82, 2.24) is 5.32 Å². The number of carbonyl (C=O) groups excluding carboxylic acids is 1. The van der Waals surface area contributed by atoms with E-state index in [1.165, 1.54) is 0 Å². The molecule has 118 valence electrons. The standard InChI is InChI=1S/C20H22N2O/c1-2-3-15-21-16-20(23)22-19-13-11-18(12-14-19)10-9-17-7-5-4-6-8-17/h4-8,11-14,21H,2-3,15-16H2,1H3,(H,22,23). The van der Waals surface area contributed by atoms with Gasteiger partial charge in [0.25, 0.3) is 0 Å². The minimum atomic E-state index is -0.0239. The van der Waals surface area contributed by atoms with E-state index < -0.39 is 0 Å². The molecule has 0 unspecified atom stereocenters. The molecular weight excluding hydrogens is 284 g/mol. The SMILES string of the molecule is CCCCNCC(=O)Nc1ccc(C#Cc2ccccc2)cc1. The van der Waals surface area contributed by atoms with Crippen LogP contribution in [0.15, 0.2) is 54.6 Å². The van der Waals surface area contributed by atoms with Gasteiger partial charge < -0.3 is 10.6 Å². The maximum atomic E-state index is 11.8. The van der Waals surface area contributed by atoms with Gasteiger partial charge in [-0.3, -0.25) is 4.79 Å². The van der Waals surface area contributed by atoms with E-state index in [4.69, 9.17) is 0 Å². The lowest BCUT2D eigenvalue weighted by atomic mass is 10.1. The molecule has 0 saturated carbocycles. The Balaban J connectivity index is 1.85. The molecule has 23 heavy (non-hydrogen) atoms. The Morgan fingerprint density at radius 3 is 2.26 bits per heavy atom. The molecule has 3 heteroatoms. The summed E-state index contributed by atoms with van der Waals surface area (Å²) in [6.07, 6.45) is 2.21. The summed E-state index contributed by atoms with van der Waals surface area (Å²) in [6, 6.07) is 17.4. The van der Waals surface area contributed by atoms with Gasteiger partial charge in [-0.05, 0) is 49.4 Å². The van der Waals surface area contributed by atoms with Crippen molar-refractivity contribution in [3.05, 3.63) is 65.7 Å². The van der Waals surface area contributed by atoms with Gasteiger partial charge in [-0.25, -0.2) is 0 Å². The van der Waals surface area contributed by atoms with Crippen LogP contribution in [0.25, 0.3) is 0 Å². The zero-order valence-corrected chi connectivity index (χ0v) is 13.4. The lowest BCUT2D eigenvalue weighted by Crippen LogP contribution is -2.28. The number of hydrogen-bond acceptors (Lipinski definition) is 2. The predicted molar refractivity (Wildman–Crippen MR) is 95.3 cm³/mol. The van der Waals surface area contributed by atoms with Crippen molar-refractivity contribution in [1.29, 1.82) is 0 Å². The van der Waals surface area contributed by atoms with Gasteiger partial charge >= 0.3 is 0 Å². The molecule has 0 aliphatic rings. The molecule has 0 aliphatic carbocycles. The van der Waals surface area contributed by atoms with E-state index in [-0.39, 0.29) is 5.91 Å². The zero-order valence-electron chi connectivity index (χ0n) is 13.4. The second-order valence-corrected chi connectivity index (χ2v) is 5.27. The van der Waals surface area contributed by atoms with Crippen molar-refractivity contribution < 1.29 is 4.79 Å². The lowest BCUT2D eigenvalue weighted by molar-refractivity contribution is -0.115. The van der Waals surface area contributed by atoms with Crippen LogP contribution in [-0.4, -0.2) is 19.0 Å². The second-order valence-electron chi connectivity index (χ2n) is 5.27. The van der Waals surface area contributed by atoms with E-state index in [1.54, 1.807) is 0 Å². The minimum Gasteiger partial charge on any atom is -0.325 e. The van der Waals surface area contributed by atoms with Crippen LogP contribution in [0.2, 0.25) is 0 Å². The van der Waals surface area contributed by atoms with Crippen molar-refractivity contribution in [2.75, 3.05) is 18.4 Å². The summed E-state index contributed by atoms with van der Waals surface area (Å²) in [6.45, 7) is 3.34. The molecule has 0 bridgehead atoms. The maximum Gasteiger partial charge on any atom is 0.238 e. The summed E-state index contributed by atoms with van der Waals surface area (Å²) in [7, 11) is 0. The Morgan fingerprint density at radius 1 is 0.957 bits per heavy atom. The largest absolute Gasteiger partial charge is 0.325 e. The van der Waals surface area contributed by atoms with Crippen molar-refractivity contribution in [3.63, 3.8) is 0 Å². The highest BCUT2D eigenvalue weighted by Crippen LogP contribution is 2.08. The van der Waals surface area contributed by atoms with Gasteiger partial charge in [0.1, 0.15) is 0 Å². The third-order valence-electron chi connectivity index (χ3n) is 3.29. The van der Waals surface area contributed by atoms with E-state index in [1.807, 2.05) is 54.6 Å². The average molecular weight is 306 g/mol. The van der Waals surface area contributed by atoms with E-state index in [2.05, 4.69) is 29.4 Å². The van der Waals surface area contributed by atoms with Crippen molar-refractivity contribution in [2.24, 2.45) is 0 Å². The van der Waals surface area contributed by atoms with Crippen LogP contribution in [0.5, 0.6) is 0 Å². The van der Waals surface area contributed by atoms with Gasteiger partial charge in [0.05, 0.1) is 6.54 Å². The molecule has 2 aromatic rings. The molecule has 1 amide bonds. The normalized spacial score (nSPS) is 9.78. The van der Waals surface area contributed by atoms with Gasteiger partial charge in [0, 0.05) is 16.8 Å². The van der Waals surface area contributed by atoms with Crippen LogP contribution in [0.3, 0.4) is 0 Å². The molecule has 0 aromatic heterocycles. The number of rotatable bonds is 6. The number of amides is 1. The highest BCUT2D eigenvalue weighted by Gasteiger charge is 2.01. The molecule has 0 saturated heterocycles. The molecule has 0 aliphatic heterocycles. The molecule has 2 N–H and O–H groups in total. The molecule has 0 atom stereocenters. The maximum absolute atomic E-state index is 11.8.